The third-order valence-corrected chi connectivity index (χ3v) is 4.97. The van der Waals surface area contributed by atoms with Gasteiger partial charge in [-0.15, -0.1) is 0 Å². The number of carbonyl (C=O) groups excluding carboxylic acids is 1. The maximum absolute atomic E-state index is 12.8. The molecule has 2 aromatic rings. The van der Waals surface area contributed by atoms with E-state index in [9.17, 15) is 4.79 Å². The second-order valence-corrected chi connectivity index (χ2v) is 6.84. The van der Waals surface area contributed by atoms with E-state index in [1.165, 1.54) is 11.1 Å². The van der Waals surface area contributed by atoms with Crippen LogP contribution in [0.1, 0.15) is 40.2 Å². The molecule has 0 N–H and O–H groups in total. The van der Waals surface area contributed by atoms with Gasteiger partial charge in [0.2, 0.25) is 0 Å². The monoisotopic (exact) mass is 337 g/mol. The Labute approximate surface area is 150 Å². The summed E-state index contributed by atoms with van der Waals surface area (Å²) in [7, 11) is 0. The Morgan fingerprint density at radius 1 is 1.04 bits per heavy atom. The number of hydrogen-bond acceptors (Lipinski definition) is 3. The molecule has 3 rings (SSSR count). The average molecular weight is 337 g/mol. The molecular formula is C22H27NO2. The van der Waals surface area contributed by atoms with Crippen LogP contribution in [0.2, 0.25) is 0 Å². The molecule has 1 atom stereocenters. The first-order chi connectivity index (χ1) is 12.2. The van der Waals surface area contributed by atoms with E-state index in [2.05, 4.69) is 29.2 Å². The fraction of sp³-hybridized carbons (Fsp3) is 0.409. The highest BCUT2D eigenvalue weighted by Gasteiger charge is 2.19. The van der Waals surface area contributed by atoms with E-state index in [-0.39, 0.29) is 11.7 Å². The fourth-order valence-electron chi connectivity index (χ4n) is 3.36. The van der Waals surface area contributed by atoms with E-state index in [1.807, 2.05) is 37.3 Å². The molecule has 1 unspecified atom stereocenters. The SMILES string of the molecule is Cc1ccc(C(=O)CC(CCN2CCOCC2)c2ccccc2)cc1. The number of rotatable bonds is 7. The first-order valence-electron chi connectivity index (χ1n) is 9.17. The molecule has 2 aromatic carbocycles. The van der Waals surface area contributed by atoms with Crippen molar-refractivity contribution in [3.8, 4) is 0 Å². The van der Waals surface area contributed by atoms with Crippen molar-refractivity contribution in [3.05, 3.63) is 71.3 Å². The highest BCUT2D eigenvalue weighted by atomic mass is 16.5. The molecular weight excluding hydrogens is 310 g/mol. The van der Waals surface area contributed by atoms with Crippen molar-refractivity contribution in [2.75, 3.05) is 32.8 Å². The van der Waals surface area contributed by atoms with Crippen LogP contribution in [0.3, 0.4) is 0 Å². The first kappa shape index (κ1) is 17.8. The van der Waals surface area contributed by atoms with Crippen LogP contribution < -0.4 is 0 Å². The van der Waals surface area contributed by atoms with Crippen molar-refractivity contribution in [2.24, 2.45) is 0 Å². The molecule has 0 aromatic heterocycles. The lowest BCUT2D eigenvalue weighted by Gasteiger charge is -2.28. The van der Waals surface area contributed by atoms with Crippen molar-refractivity contribution in [1.29, 1.82) is 0 Å². The van der Waals surface area contributed by atoms with Crippen LogP contribution in [0.25, 0.3) is 0 Å². The number of ketones is 1. The van der Waals surface area contributed by atoms with Crippen LogP contribution in [0.5, 0.6) is 0 Å². The fourth-order valence-corrected chi connectivity index (χ4v) is 3.36. The Bertz CT molecular complexity index is 660. The summed E-state index contributed by atoms with van der Waals surface area (Å²) in [6.45, 7) is 6.69. The van der Waals surface area contributed by atoms with Crippen LogP contribution in [0, 0.1) is 6.92 Å². The number of hydrogen-bond donors (Lipinski definition) is 0. The summed E-state index contributed by atoms with van der Waals surface area (Å²) in [5, 5.41) is 0. The van der Waals surface area contributed by atoms with Crippen molar-refractivity contribution >= 4 is 5.78 Å². The smallest absolute Gasteiger partial charge is 0.163 e. The topological polar surface area (TPSA) is 29.5 Å². The quantitative estimate of drug-likeness (QED) is 0.713. The predicted octanol–water partition coefficient (Wildman–Crippen LogP) is 4.07. The van der Waals surface area contributed by atoms with Crippen LogP contribution >= 0.6 is 0 Å². The molecule has 1 aliphatic heterocycles. The Balaban J connectivity index is 1.67. The lowest BCUT2D eigenvalue weighted by Crippen LogP contribution is -2.37. The minimum atomic E-state index is 0.232. The van der Waals surface area contributed by atoms with Crippen LogP contribution in [0.15, 0.2) is 54.6 Å². The standard InChI is InChI=1S/C22H27NO2/c1-18-7-9-20(10-8-18)22(24)17-21(19-5-3-2-4-6-19)11-12-23-13-15-25-16-14-23/h2-10,21H,11-17H2,1H3. The van der Waals surface area contributed by atoms with E-state index >= 15 is 0 Å². The number of aryl methyl sites for hydroxylation is 1. The molecule has 0 bridgehead atoms. The summed E-state index contributed by atoms with van der Waals surface area (Å²) < 4.78 is 5.43. The zero-order valence-corrected chi connectivity index (χ0v) is 15.0. The maximum atomic E-state index is 12.8. The van der Waals surface area contributed by atoms with Gasteiger partial charge in [0.25, 0.3) is 0 Å². The lowest BCUT2D eigenvalue weighted by molar-refractivity contribution is 0.0364. The molecule has 3 heteroatoms. The van der Waals surface area contributed by atoms with E-state index in [1.54, 1.807) is 0 Å². The molecule has 1 aliphatic rings. The van der Waals surface area contributed by atoms with Gasteiger partial charge in [-0.1, -0.05) is 60.2 Å². The Kier molecular flexibility index (Phi) is 6.37. The zero-order valence-electron chi connectivity index (χ0n) is 15.0. The molecule has 132 valence electrons. The summed E-state index contributed by atoms with van der Waals surface area (Å²) in [4.78, 5) is 15.2. The Hall–Kier alpha value is -1.97. The molecule has 1 heterocycles. The number of carbonyl (C=O) groups is 1. The molecule has 0 radical (unpaired) electrons. The maximum Gasteiger partial charge on any atom is 0.163 e. The van der Waals surface area contributed by atoms with Gasteiger partial charge in [0.05, 0.1) is 13.2 Å². The van der Waals surface area contributed by atoms with Gasteiger partial charge in [0.15, 0.2) is 5.78 Å². The van der Waals surface area contributed by atoms with Gasteiger partial charge >= 0.3 is 0 Å². The molecule has 0 amide bonds. The van der Waals surface area contributed by atoms with E-state index in [0.717, 1.165) is 44.8 Å². The lowest BCUT2D eigenvalue weighted by atomic mass is 9.88. The van der Waals surface area contributed by atoms with Crippen LogP contribution in [-0.4, -0.2) is 43.5 Å². The third-order valence-electron chi connectivity index (χ3n) is 4.97. The number of nitrogens with zero attached hydrogens (tertiary/aromatic N) is 1. The second kappa shape index (κ2) is 8.93. The van der Waals surface area contributed by atoms with Crippen LogP contribution in [0.4, 0.5) is 0 Å². The summed E-state index contributed by atoms with van der Waals surface area (Å²) in [6.07, 6.45) is 1.57. The zero-order chi connectivity index (χ0) is 17.5. The van der Waals surface area contributed by atoms with E-state index in [0.29, 0.717) is 6.42 Å². The number of ether oxygens (including phenoxy) is 1. The van der Waals surface area contributed by atoms with Gasteiger partial charge in [-0.25, -0.2) is 0 Å². The molecule has 0 aliphatic carbocycles. The third kappa shape index (κ3) is 5.25. The summed E-state index contributed by atoms with van der Waals surface area (Å²) in [5.41, 5.74) is 3.26. The number of benzene rings is 2. The van der Waals surface area contributed by atoms with Gasteiger partial charge in [0.1, 0.15) is 0 Å². The molecule has 3 nitrogen and oxygen atoms in total. The largest absolute Gasteiger partial charge is 0.379 e. The van der Waals surface area contributed by atoms with Gasteiger partial charge in [-0.2, -0.15) is 0 Å². The van der Waals surface area contributed by atoms with Gasteiger partial charge < -0.3 is 4.74 Å². The molecule has 0 spiro atoms. The number of Topliss-reactive ketones (excluding diaryl/α,β-unsaturated/α-hetero) is 1. The van der Waals surface area contributed by atoms with Crippen molar-refractivity contribution in [1.82, 2.24) is 4.90 Å². The molecule has 0 saturated carbocycles. The van der Waals surface area contributed by atoms with Gasteiger partial charge in [0, 0.05) is 25.1 Å². The van der Waals surface area contributed by atoms with Gasteiger partial charge in [-0.05, 0) is 31.4 Å². The van der Waals surface area contributed by atoms with Gasteiger partial charge in [-0.3, -0.25) is 9.69 Å². The normalized spacial score (nSPS) is 16.5. The van der Waals surface area contributed by atoms with Crippen molar-refractivity contribution in [2.45, 2.75) is 25.7 Å². The van der Waals surface area contributed by atoms with Crippen LogP contribution in [-0.2, 0) is 4.74 Å². The summed E-state index contributed by atoms with van der Waals surface area (Å²) in [5.74, 6) is 0.494. The van der Waals surface area contributed by atoms with Crippen molar-refractivity contribution < 1.29 is 9.53 Å². The van der Waals surface area contributed by atoms with Crippen molar-refractivity contribution in [3.63, 3.8) is 0 Å². The molecule has 1 fully saturated rings. The highest BCUT2D eigenvalue weighted by Crippen LogP contribution is 2.26. The summed E-state index contributed by atoms with van der Waals surface area (Å²) >= 11 is 0. The number of morpholine rings is 1. The summed E-state index contributed by atoms with van der Waals surface area (Å²) in [6, 6.07) is 18.4. The second-order valence-electron chi connectivity index (χ2n) is 6.84. The Morgan fingerprint density at radius 3 is 2.40 bits per heavy atom. The molecule has 25 heavy (non-hydrogen) atoms. The predicted molar refractivity (Wildman–Crippen MR) is 101 cm³/mol. The van der Waals surface area contributed by atoms with E-state index < -0.39 is 0 Å². The Morgan fingerprint density at radius 2 is 1.72 bits per heavy atom. The molecule has 1 saturated heterocycles. The minimum absolute atomic E-state index is 0.232. The highest BCUT2D eigenvalue weighted by molar-refractivity contribution is 5.96. The first-order valence-corrected chi connectivity index (χ1v) is 9.17. The average Bonchev–Trinajstić information content (AvgIpc) is 2.67. The minimum Gasteiger partial charge on any atom is -0.379 e. The van der Waals surface area contributed by atoms with E-state index in [4.69, 9.17) is 4.74 Å².